The Morgan fingerprint density at radius 2 is 1.11 bits per heavy atom. The van der Waals surface area contributed by atoms with Crippen molar-refractivity contribution in [2.45, 2.75) is 0 Å². The first-order chi connectivity index (χ1) is 18.7. The summed E-state index contributed by atoms with van der Waals surface area (Å²) in [5.74, 6) is 0.782. The summed E-state index contributed by atoms with van der Waals surface area (Å²) >= 11 is 0. The highest BCUT2D eigenvalue weighted by molar-refractivity contribution is 7.29. The highest BCUT2D eigenvalue weighted by Crippen LogP contribution is 2.43. The molecule has 2 heterocycles. The van der Waals surface area contributed by atoms with E-state index in [0.29, 0.717) is 22.9 Å². The van der Waals surface area contributed by atoms with Crippen LogP contribution in [0, 0.1) is 0 Å². The molecule has 182 valence electrons. The maximum absolute atomic E-state index is 12.8. The number of hydrogen-bond acceptors (Lipinski definition) is 3. The monoisotopic (exact) mass is 511 g/mol. The fourth-order valence-electron chi connectivity index (χ4n) is 4.59. The van der Waals surface area contributed by atoms with E-state index in [4.69, 9.17) is 9.98 Å². The molecule has 0 unspecified atom stereocenters. The Morgan fingerprint density at radius 1 is 0.605 bits per heavy atom. The first-order valence-corrected chi connectivity index (χ1v) is 13.3. The van der Waals surface area contributed by atoms with E-state index in [-0.39, 0.29) is 0 Å². The summed E-state index contributed by atoms with van der Waals surface area (Å²) < 4.78 is 26.8. The van der Waals surface area contributed by atoms with Gasteiger partial charge in [-0.15, -0.1) is 0 Å². The third kappa shape index (κ3) is 4.52. The van der Waals surface area contributed by atoms with Crippen molar-refractivity contribution in [3.63, 3.8) is 0 Å². The topological polar surface area (TPSA) is 63.8 Å². The van der Waals surface area contributed by atoms with Crippen LogP contribution in [0.3, 0.4) is 0 Å². The minimum Gasteiger partial charge on any atom is -0.228 e. The molecule has 0 bridgehead atoms. The summed E-state index contributed by atoms with van der Waals surface area (Å²) in [7, 11) is -3.03. The van der Waals surface area contributed by atoms with E-state index >= 15 is 0 Å². The Hall–Kier alpha value is -4.86. The summed E-state index contributed by atoms with van der Waals surface area (Å²) in [5, 5.41) is 0. The molecule has 1 aliphatic heterocycles. The molecule has 0 radical (unpaired) electrons. The lowest BCUT2D eigenvalue weighted by Crippen LogP contribution is -1.97. The first-order valence-electron chi connectivity index (χ1n) is 12.2. The van der Waals surface area contributed by atoms with E-state index in [1.165, 1.54) is 4.34 Å². The third-order valence-corrected chi connectivity index (χ3v) is 7.11. The maximum atomic E-state index is 12.8. The van der Waals surface area contributed by atoms with Crippen LogP contribution in [-0.4, -0.2) is 15.9 Å². The van der Waals surface area contributed by atoms with Gasteiger partial charge in [-0.25, -0.2) is 23.5 Å². The molecule has 6 rings (SSSR count). The van der Waals surface area contributed by atoms with Gasteiger partial charge in [-0.3, -0.25) is 0 Å². The number of aromatic nitrogens is 1. The van der Waals surface area contributed by atoms with Gasteiger partial charge in [0.1, 0.15) is 0 Å². The highest BCUT2D eigenvalue weighted by Gasteiger charge is 2.24. The first kappa shape index (κ1) is 23.5. The van der Waals surface area contributed by atoms with Crippen molar-refractivity contribution in [2.24, 2.45) is 9.98 Å². The van der Waals surface area contributed by atoms with E-state index in [2.05, 4.69) is 0 Å². The molecule has 0 spiro atoms. The predicted molar refractivity (Wildman–Crippen MR) is 153 cm³/mol. The number of amidine groups is 1. The van der Waals surface area contributed by atoms with Crippen LogP contribution in [0.5, 0.6) is 0 Å². The van der Waals surface area contributed by atoms with Crippen LogP contribution in [0.1, 0.15) is 11.1 Å². The van der Waals surface area contributed by atoms with Crippen molar-refractivity contribution < 1.29 is 9.13 Å². The number of rotatable bonds is 6. The molecule has 1 aliphatic rings. The summed E-state index contributed by atoms with van der Waals surface area (Å²) in [4.78, 5) is 9.87. The molecule has 0 saturated carbocycles. The molecule has 38 heavy (non-hydrogen) atoms. The number of aliphatic imine (C=N–C) groups is 2. The van der Waals surface area contributed by atoms with E-state index in [0.717, 1.165) is 33.5 Å². The largest absolute Gasteiger partial charge is 0.432 e. The number of nitrogens with zero attached hydrogens (tertiary/aromatic N) is 3. The Morgan fingerprint density at radius 3 is 1.66 bits per heavy atom. The van der Waals surface area contributed by atoms with Crippen molar-refractivity contribution >= 4 is 30.8 Å². The Labute approximate surface area is 221 Å². The van der Waals surface area contributed by atoms with Crippen LogP contribution in [0.2, 0.25) is 0 Å². The minimum atomic E-state index is -3.03. The van der Waals surface area contributed by atoms with Crippen molar-refractivity contribution in [3.05, 3.63) is 145 Å². The zero-order valence-corrected chi connectivity index (χ0v) is 21.2. The Bertz CT molecular complexity index is 1760. The average molecular weight is 512 g/mol. The van der Waals surface area contributed by atoms with Gasteiger partial charge in [0.15, 0.2) is 11.7 Å². The van der Waals surface area contributed by atoms with Gasteiger partial charge in [-0.2, -0.15) is 0 Å². The fraction of sp³-hybridized carbons (Fsp3) is 0. The van der Waals surface area contributed by atoms with Gasteiger partial charge in [0.25, 0.3) is 0 Å². The molecular weight excluding hydrogens is 489 g/mol. The van der Waals surface area contributed by atoms with Crippen LogP contribution in [-0.2, 0) is 9.13 Å². The van der Waals surface area contributed by atoms with Gasteiger partial charge >= 0.3 is 7.83 Å². The predicted octanol–water partition coefficient (Wildman–Crippen LogP) is 8.37. The normalized spacial score (nSPS) is 13.8. The quantitative estimate of drug-likeness (QED) is 0.215. The summed E-state index contributed by atoms with van der Waals surface area (Å²) in [6.45, 7) is 0. The number of allylic oxidation sites excluding steroid dienone is 1. The van der Waals surface area contributed by atoms with Crippen LogP contribution in [0.25, 0.3) is 28.0 Å². The zero-order valence-electron chi connectivity index (χ0n) is 20.3. The van der Waals surface area contributed by atoms with Crippen LogP contribution < -0.4 is 0 Å². The van der Waals surface area contributed by atoms with Gasteiger partial charge in [0, 0.05) is 16.7 Å². The van der Waals surface area contributed by atoms with Crippen molar-refractivity contribution in [3.8, 4) is 22.4 Å². The SMILES string of the molecule is O=P(=O)n1c(-c2ccccc2)cc(-c2ccccc2)c1/N=C1\N=C(c2ccccc2)C=C1c1ccccc1. The van der Waals surface area contributed by atoms with Crippen LogP contribution in [0.4, 0.5) is 5.82 Å². The second-order valence-electron chi connectivity index (χ2n) is 8.77. The van der Waals surface area contributed by atoms with Gasteiger partial charge in [-0.1, -0.05) is 121 Å². The van der Waals surface area contributed by atoms with E-state index in [9.17, 15) is 9.13 Å². The van der Waals surface area contributed by atoms with Crippen molar-refractivity contribution in [1.82, 2.24) is 4.34 Å². The number of benzene rings is 4. The smallest absolute Gasteiger partial charge is 0.228 e. The molecule has 0 amide bonds. The summed E-state index contributed by atoms with van der Waals surface area (Å²) in [5.41, 5.74) is 6.45. The Kier molecular flexibility index (Phi) is 6.35. The lowest BCUT2D eigenvalue weighted by Gasteiger charge is -2.07. The zero-order chi connectivity index (χ0) is 25.9. The average Bonchev–Trinajstić information content (AvgIpc) is 3.57. The highest BCUT2D eigenvalue weighted by atomic mass is 31.1. The molecule has 1 aromatic heterocycles. The molecule has 0 fully saturated rings. The third-order valence-electron chi connectivity index (χ3n) is 6.38. The molecule has 4 aromatic carbocycles. The molecule has 0 atom stereocenters. The lowest BCUT2D eigenvalue weighted by molar-refractivity contribution is 0.509. The lowest BCUT2D eigenvalue weighted by atomic mass is 10.0. The van der Waals surface area contributed by atoms with Gasteiger partial charge in [0.2, 0.25) is 0 Å². The fourth-order valence-corrected chi connectivity index (χ4v) is 5.24. The minimum absolute atomic E-state index is 0.320. The molecule has 5 aromatic rings. The summed E-state index contributed by atoms with van der Waals surface area (Å²) in [6.07, 6.45) is 2.01. The Balaban J connectivity index is 1.62. The van der Waals surface area contributed by atoms with E-state index in [1.54, 1.807) is 0 Å². The maximum Gasteiger partial charge on any atom is 0.432 e. The van der Waals surface area contributed by atoms with Gasteiger partial charge < -0.3 is 0 Å². The molecule has 0 saturated heterocycles. The molecule has 5 nitrogen and oxygen atoms in total. The van der Waals surface area contributed by atoms with E-state index < -0.39 is 7.83 Å². The standard InChI is InChI=1S/C32H22N3O2P/c36-38(37)35-30(26-19-11-4-12-20-26)22-28(24-15-7-2-8-16-24)32(35)34-31-27(23-13-5-1-6-14-23)21-29(33-31)25-17-9-3-10-18-25/h1-22H/b34-31-. The summed E-state index contributed by atoms with van der Waals surface area (Å²) in [6, 6.07) is 40.9. The van der Waals surface area contributed by atoms with Crippen LogP contribution in [0.15, 0.2) is 143 Å². The van der Waals surface area contributed by atoms with Crippen molar-refractivity contribution in [1.29, 1.82) is 0 Å². The second-order valence-corrected chi connectivity index (χ2v) is 9.65. The molecular formula is C32H22N3O2P. The second kappa shape index (κ2) is 10.3. The van der Waals surface area contributed by atoms with Crippen LogP contribution >= 0.6 is 7.83 Å². The molecule has 6 heteroatoms. The van der Waals surface area contributed by atoms with Crippen molar-refractivity contribution in [2.75, 3.05) is 0 Å². The number of hydrogen-bond donors (Lipinski definition) is 0. The van der Waals surface area contributed by atoms with E-state index in [1.807, 2.05) is 133 Å². The molecule has 0 aliphatic carbocycles. The van der Waals surface area contributed by atoms with Gasteiger partial charge in [0.05, 0.1) is 11.4 Å². The van der Waals surface area contributed by atoms with Gasteiger partial charge in [-0.05, 0) is 28.8 Å². The molecule has 0 N–H and O–H groups in total.